The van der Waals surface area contributed by atoms with Crippen molar-refractivity contribution in [1.82, 2.24) is 10.2 Å². The predicted octanol–water partition coefficient (Wildman–Crippen LogP) is 0.630. The second-order valence-electron chi connectivity index (χ2n) is 2.95. The van der Waals surface area contributed by atoms with E-state index in [2.05, 4.69) is 10.2 Å². The van der Waals surface area contributed by atoms with Crippen molar-refractivity contribution in [2.75, 3.05) is 27.2 Å². The fourth-order valence-electron chi connectivity index (χ4n) is 0.817. The lowest BCUT2D eigenvalue weighted by molar-refractivity contribution is -0.116. The van der Waals surface area contributed by atoms with E-state index in [1.54, 1.807) is 6.08 Å². The molecule has 0 atom stereocenters. The largest absolute Gasteiger partial charge is 0.353 e. The highest BCUT2D eigenvalue weighted by Crippen LogP contribution is 1.81. The molecule has 0 aromatic heterocycles. The number of nitrogens with one attached hydrogen (secondary N) is 1. The zero-order valence-corrected chi connectivity index (χ0v) is 8.13. The standard InChI is InChI=1S/C9H18N2O/c1-4-6-9(12)10-7-5-8-11(2)3/h4,6H,5,7-8H2,1-3H3,(H,10,12). The molecule has 0 aliphatic carbocycles. The fraction of sp³-hybridized carbons (Fsp3) is 0.667. The third kappa shape index (κ3) is 7.28. The molecule has 0 saturated heterocycles. The molecule has 3 nitrogen and oxygen atoms in total. The molecule has 0 bridgehead atoms. The van der Waals surface area contributed by atoms with Crippen molar-refractivity contribution in [2.24, 2.45) is 0 Å². The summed E-state index contributed by atoms with van der Waals surface area (Å²) in [6, 6.07) is 0. The Balaban J connectivity index is 3.25. The van der Waals surface area contributed by atoms with Crippen LogP contribution in [-0.2, 0) is 4.79 Å². The van der Waals surface area contributed by atoms with Crippen LogP contribution in [0.25, 0.3) is 0 Å². The number of amides is 1. The SMILES string of the molecule is CC=CC(=O)NCCCN(C)C. The van der Waals surface area contributed by atoms with Crippen LogP contribution < -0.4 is 5.32 Å². The molecule has 0 aromatic carbocycles. The van der Waals surface area contributed by atoms with Gasteiger partial charge in [0, 0.05) is 6.54 Å². The number of hydrogen-bond donors (Lipinski definition) is 1. The lowest BCUT2D eigenvalue weighted by Gasteiger charge is -2.08. The van der Waals surface area contributed by atoms with Gasteiger partial charge in [0.2, 0.25) is 5.91 Å². The summed E-state index contributed by atoms with van der Waals surface area (Å²) in [7, 11) is 4.04. The molecule has 1 N–H and O–H groups in total. The molecule has 70 valence electrons. The Morgan fingerprint density at radius 1 is 1.50 bits per heavy atom. The van der Waals surface area contributed by atoms with Crippen LogP contribution in [0, 0.1) is 0 Å². The number of hydrogen-bond acceptors (Lipinski definition) is 2. The number of nitrogens with zero attached hydrogens (tertiary/aromatic N) is 1. The average molecular weight is 170 g/mol. The van der Waals surface area contributed by atoms with E-state index in [9.17, 15) is 4.79 Å². The lowest BCUT2D eigenvalue weighted by Crippen LogP contribution is -2.25. The maximum absolute atomic E-state index is 10.9. The lowest BCUT2D eigenvalue weighted by atomic mass is 10.4. The Hall–Kier alpha value is -0.830. The first kappa shape index (κ1) is 11.2. The van der Waals surface area contributed by atoms with Gasteiger partial charge in [0.1, 0.15) is 0 Å². The van der Waals surface area contributed by atoms with Gasteiger partial charge < -0.3 is 10.2 Å². The van der Waals surface area contributed by atoms with Crippen LogP contribution in [0.15, 0.2) is 12.2 Å². The molecule has 0 fully saturated rings. The van der Waals surface area contributed by atoms with E-state index >= 15 is 0 Å². The molecule has 0 aliphatic heterocycles. The van der Waals surface area contributed by atoms with Crippen LogP contribution in [0.3, 0.4) is 0 Å². The summed E-state index contributed by atoms with van der Waals surface area (Å²) >= 11 is 0. The minimum absolute atomic E-state index is 0.00347. The van der Waals surface area contributed by atoms with Crippen LogP contribution in [0.5, 0.6) is 0 Å². The molecule has 0 spiro atoms. The van der Waals surface area contributed by atoms with Gasteiger partial charge in [0.25, 0.3) is 0 Å². The topological polar surface area (TPSA) is 32.3 Å². The number of allylic oxidation sites excluding steroid dienone is 1. The van der Waals surface area contributed by atoms with Crippen LogP contribution in [0.1, 0.15) is 13.3 Å². The van der Waals surface area contributed by atoms with E-state index in [-0.39, 0.29) is 5.91 Å². The first-order valence-corrected chi connectivity index (χ1v) is 4.22. The third-order valence-corrected chi connectivity index (χ3v) is 1.40. The average Bonchev–Trinajstić information content (AvgIpc) is 1.98. The van der Waals surface area contributed by atoms with Crippen LogP contribution in [-0.4, -0.2) is 38.0 Å². The van der Waals surface area contributed by atoms with Gasteiger partial charge in [-0.15, -0.1) is 0 Å². The second kappa shape index (κ2) is 6.85. The van der Waals surface area contributed by atoms with E-state index in [0.29, 0.717) is 0 Å². The summed E-state index contributed by atoms with van der Waals surface area (Å²) in [5.41, 5.74) is 0. The monoisotopic (exact) mass is 170 g/mol. The van der Waals surface area contributed by atoms with Gasteiger partial charge in [-0.05, 0) is 40.1 Å². The third-order valence-electron chi connectivity index (χ3n) is 1.40. The highest BCUT2D eigenvalue weighted by Gasteiger charge is 1.93. The molecule has 0 aromatic rings. The Morgan fingerprint density at radius 3 is 2.67 bits per heavy atom. The van der Waals surface area contributed by atoms with Crippen molar-refractivity contribution in [1.29, 1.82) is 0 Å². The van der Waals surface area contributed by atoms with Gasteiger partial charge in [-0.1, -0.05) is 6.08 Å². The molecular formula is C9H18N2O. The van der Waals surface area contributed by atoms with Crippen LogP contribution >= 0.6 is 0 Å². The van der Waals surface area contributed by atoms with Crippen molar-refractivity contribution >= 4 is 5.91 Å². The molecule has 3 heteroatoms. The number of carbonyl (C=O) groups excluding carboxylic acids is 1. The van der Waals surface area contributed by atoms with Gasteiger partial charge >= 0.3 is 0 Å². The van der Waals surface area contributed by atoms with Crippen molar-refractivity contribution in [3.8, 4) is 0 Å². The Kier molecular flexibility index (Phi) is 6.38. The molecule has 0 rings (SSSR count). The summed E-state index contributed by atoms with van der Waals surface area (Å²) in [6.07, 6.45) is 4.27. The summed E-state index contributed by atoms with van der Waals surface area (Å²) in [6.45, 7) is 3.59. The van der Waals surface area contributed by atoms with E-state index in [0.717, 1.165) is 19.5 Å². The number of rotatable bonds is 5. The molecule has 0 radical (unpaired) electrons. The number of carbonyl (C=O) groups is 1. The van der Waals surface area contributed by atoms with Crippen molar-refractivity contribution in [3.63, 3.8) is 0 Å². The highest BCUT2D eigenvalue weighted by molar-refractivity contribution is 5.87. The van der Waals surface area contributed by atoms with E-state index in [1.807, 2.05) is 21.0 Å². The summed E-state index contributed by atoms with van der Waals surface area (Å²) < 4.78 is 0. The quantitative estimate of drug-likeness (QED) is 0.485. The normalized spacial score (nSPS) is 11.0. The second-order valence-corrected chi connectivity index (χ2v) is 2.95. The van der Waals surface area contributed by atoms with E-state index < -0.39 is 0 Å². The summed E-state index contributed by atoms with van der Waals surface area (Å²) in [4.78, 5) is 13.0. The van der Waals surface area contributed by atoms with Crippen molar-refractivity contribution < 1.29 is 4.79 Å². The smallest absolute Gasteiger partial charge is 0.243 e. The zero-order valence-electron chi connectivity index (χ0n) is 8.13. The van der Waals surface area contributed by atoms with Crippen LogP contribution in [0.4, 0.5) is 0 Å². The maximum atomic E-state index is 10.9. The molecule has 0 unspecified atom stereocenters. The van der Waals surface area contributed by atoms with Crippen molar-refractivity contribution in [2.45, 2.75) is 13.3 Å². The first-order valence-electron chi connectivity index (χ1n) is 4.22. The van der Waals surface area contributed by atoms with E-state index in [1.165, 1.54) is 6.08 Å². The molecule has 0 heterocycles. The maximum Gasteiger partial charge on any atom is 0.243 e. The molecule has 12 heavy (non-hydrogen) atoms. The van der Waals surface area contributed by atoms with E-state index in [4.69, 9.17) is 0 Å². The first-order chi connectivity index (χ1) is 5.66. The fourth-order valence-corrected chi connectivity index (χ4v) is 0.817. The molecule has 1 amide bonds. The summed E-state index contributed by atoms with van der Waals surface area (Å²) in [5, 5.41) is 2.79. The van der Waals surface area contributed by atoms with Crippen molar-refractivity contribution in [3.05, 3.63) is 12.2 Å². The molecule has 0 saturated carbocycles. The van der Waals surface area contributed by atoms with Gasteiger partial charge in [-0.2, -0.15) is 0 Å². The minimum atomic E-state index is -0.00347. The Morgan fingerprint density at radius 2 is 2.17 bits per heavy atom. The summed E-state index contributed by atoms with van der Waals surface area (Å²) in [5.74, 6) is -0.00347. The highest BCUT2D eigenvalue weighted by atomic mass is 16.1. The molecule has 0 aliphatic rings. The van der Waals surface area contributed by atoms with Gasteiger partial charge in [-0.3, -0.25) is 4.79 Å². The predicted molar refractivity (Wildman–Crippen MR) is 51.0 cm³/mol. The van der Waals surface area contributed by atoms with Gasteiger partial charge in [0.15, 0.2) is 0 Å². The zero-order chi connectivity index (χ0) is 9.40. The Bertz CT molecular complexity index is 153. The molecular weight excluding hydrogens is 152 g/mol. The minimum Gasteiger partial charge on any atom is -0.353 e. The van der Waals surface area contributed by atoms with Gasteiger partial charge in [0.05, 0.1) is 0 Å². The van der Waals surface area contributed by atoms with Gasteiger partial charge in [-0.25, -0.2) is 0 Å². The van der Waals surface area contributed by atoms with Crippen LogP contribution in [0.2, 0.25) is 0 Å². The Labute approximate surface area is 74.4 Å².